The highest BCUT2D eigenvalue weighted by molar-refractivity contribution is 5.81. The van der Waals surface area contributed by atoms with E-state index in [1.54, 1.807) is 0 Å². The Morgan fingerprint density at radius 1 is 0.923 bits per heavy atom. The first-order valence-corrected chi connectivity index (χ1v) is 9.47. The molecule has 0 spiro atoms. The van der Waals surface area contributed by atoms with Crippen molar-refractivity contribution in [2.24, 2.45) is 0 Å². The molecule has 0 aromatic heterocycles. The van der Waals surface area contributed by atoms with Gasteiger partial charge in [-0.15, -0.1) is 0 Å². The number of benzene rings is 2. The van der Waals surface area contributed by atoms with E-state index >= 15 is 0 Å². The van der Waals surface area contributed by atoms with E-state index in [0.717, 1.165) is 12.2 Å². The Labute approximate surface area is 157 Å². The minimum atomic E-state index is -0.489. The van der Waals surface area contributed by atoms with E-state index in [1.807, 2.05) is 25.1 Å². The molecule has 1 amide bonds. The maximum atomic E-state index is 12.8. The average molecular weight is 354 g/mol. The highest BCUT2D eigenvalue weighted by Crippen LogP contribution is 2.23. The second-order valence-electron chi connectivity index (χ2n) is 7.09. The second-order valence-corrected chi connectivity index (χ2v) is 7.09. The quantitative estimate of drug-likeness (QED) is 0.729. The van der Waals surface area contributed by atoms with E-state index in [4.69, 9.17) is 4.74 Å². The molecule has 0 aliphatic rings. The van der Waals surface area contributed by atoms with Crippen LogP contribution in [0.4, 0.5) is 0 Å². The summed E-state index contributed by atoms with van der Waals surface area (Å²) >= 11 is 0. The largest absolute Gasteiger partial charge is 0.481 e. The monoisotopic (exact) mass is 353 g/mol. The van der Waals surface area contributed by atoms with Crippen molar-refractivity contribution >= 4 is 5.91 Å². The van der Waals surface area contributed by atoms with Gasteiger partial charge in [-0.1, -0.05) is 43.7 Å². The molecule has 3 heteroatoms. The van der Waals surface area contributed by atoms with E-state index in [2.05, 4.69) is 58.1 Å². The summed E-state index contributed by atoms with van der Waals surface area (Å²) in [6.45, 7) is 12.4. The molecule has 2 aromatic carbocycles. The smallest absolute Gasteiger partial charge is 0.261 e. The fourth-order valence-corrected chi connectivity index (χ4v) is 3.15. The zero-order valence-electron chi connectivity index (χ0n) is 16.8. The van der Waals surface area contributed by atoms with E-state index in [1.165, 1.54) is 27.8 Å². The minimum Gasteiger partial charge on any atom is -0.481 e. The molecule has 0 aliphatic carbocycles. The summed E-state index contributed by atoms with van der Waals surface area (Å²) in [4.78, 5) is 12.8. The lowest BCUT2D eigenvalue weighted by molar-refractivity contribution is -0.128. The summed E-state index contributed by atoms with van der Waals surface area (Å²) in [6, 6.07) is 12.3. The van der Waals surface area contributed by atoms with Gasteiger partial charge in [0.1, 0.15) is 5.75 Å². The van der Waals surface area contributed by atoms with Gasteiger partial charge in [0.2, 0.25) is 0 Å². The number of hydrogen-bond acceptors (Lipinski definition) is 2. The Kier molecular flexibility index (Phi) is 6.84. The fourth-order valence-electron chi connectivity index (χ4n) is 3.15. The summed E-state index contributed by atoms with van der Waals surface area (Å²) in [5.74, 6) is 0.687. The molecule has 3 nitrogen and oxygen atoms in total. The number of carbonyl (C=O) groups is 1. The lowest BCUT2D eigenvalue weighted by Crippen LogP contribution is -2.40. The van der Waals surface area contributed by atoms with E-state index in [-0.39, 0.29) is 11.9 Å². The Morgan fingerprint density at radius 3 is 2.23 bits per heavy atom. The number of carbonyl (C=O) groups excluding carboxylic acids is 1. The van der Waals surface area contributed by atoms with Crippen molar-refractivity contribution in [3.63, 3.8) is 0 Å². The topological polar surface area (TPSA) is 38.3 Å². The maximum absolute atomic E-state index is 12.8. The predicted molar refractivity (Wildman–Crippen MR) is 108 cm³/mol. The van der Waals surface area contributed by atoms with Crippen LogP contribution in [0.2, 0.25) is 0 Å². The molecule has 0 heterocycles. The summed E-state index contributed by atoms with van der Waals surface area (Å²) in [5, 5.41) is 3.18. The fraction of sp³-hybridized carbons (Fsp3) is 0.435. The van der Waals surface area contributed by atoms with Crippen molar-refractivity contribution in [2.45, 2.75) is 66.5 Å². The van der Waals surface area contributed by atoms with Crippen molar-refractivity contribution in [3.8, 4) is 5.75 Å². The van der Waals surface area contributed by atoms with Gasteiger partial charge in [0.25, 0.3) is 5.91 Å². The van der Waals surface area contributed by atoms with Crippen LogP contribution in [0.25, 0.3) is 0 Å². The minimum absolute atomic E-state index is 0.000467. The van der Waals surface area contributed by atoms with Crippen LogP contribution in [0.3, 0.4) is 0 Å². The average Bonchev–Trinajstić information content (AvgIpc) is 2.60. The standard InChI is InChI=1S/C23H31NO2/c1-7-21(20-12-9-15(3)13-18(20)6)24-23(25)22(8-2)26-19-11-10-16(4)17(5)14-19/h9-14,21-22H,7-8H2,1-6H3,(H,24,25)/t21-,22+/m0/s1. The van der Waals surface area contributed by atoms with Crippen LogP contribution >= 0.6 is 0 Å². The van der Waals surface area contributed by atoms with Crippen LogP contribution in [-0.2, 0) is 4.79 Å². The van der Waals surface area contributed by atoms with Crippen molar-refractivity contribution in [1.29, 1.82) is 0 Å². The number of ether oxygens (including phenoxy) is 1. The van der Waals surface area contributed by atoms with Crippen LogP contribution in [0, 0.1) is 27.7 Å². The van der Waals surface area contributed by atoms with Crippen molar-refractivity contribution < 1.29 is 9.53 Å². The van der Waals surface area contributed by atoms with Gasteiger partial charge >= 0.3 is 0 Å². The summed E-state index contributed by atoms with van der Waals surface area (Å²) in [7, 11) is 0. The van der Waals surface area contributed by atoms with Crippen LogP contribution < -0.4 is 10.1 Å². The Morgan fingerprint density at radius 2 is 1.65 bits per heavy atom. The molecule has 1 N–H and O–H groups in total. The van der Waals surface area contributed by atoms with Gasteiger partial charge in [-0.3, -0.25) is 4.79 Å². The summed E-state index contributed by atoms with van der Waals surface area (Å²) in [5.41, 5.74) is 6.00. The first-order valence-electron chi connectivity index (χ1n) is 9.47. The van der Waals surface area contributed by atoms with Gasteiger partial charge in [-0.25, -0.2) is 0 Å². The number of aryl methyl sites for hydroxylation is 4. The molecule has 0 aliphatic heterocycles. The van der Waals surface area contributed by atoms with Gasteiger partial charge in [0.15, 0.2) is 6.10 Å². The molecular weight excluding hydrogens is 322 g/mol. The van der Waals surface area contributed by atoms with E-state index in [9.17, 15) is 4.79 Å². The van der Waals surface area contributed by atoms with Gasteiger partial charge in [-0.2, -0.15) is 0 Å². The SMILES string of the molecule is CC[C@H](NC(=O)[C@@H](CC)Oc1ccc(C)c(C)c1)c1ccc(C)cc1C. The molecule has 2 aromatic rings. The number of hydrogen-bond donors (Lipinski definition) is 1. The lowest BCUT2D eigenvalue weighted by Gasteiger charge is -2.24. The third-order valence-electron chi connectivity index (χ3n) is 4.95. The summed E-state index contributed by atoms with van der Waals surface area (Å²) in [6.07, 6.45) is 0.981. The number of rotatable bonds is 7. The second kappa shape index (κ2) is 8.88. The Bertz CT molecular complexity index is 767. The molecule has 0 fully saturated rings. The maximum Gasteiger partial charge on any atom is 0.261 e. The van der Waals surface area contributed by atoms with Crippen LogP contribution in [-0.4, -0.2) is 12.0 Å². The molecule has 0 unspecified atom stereocenters. The molecule has 26 heavy (non-hydrogen) atoms. The predicted octanol–water partition coefficient (Wildman–Crippen LogP) is 5.35. The number of amides is 1. The third kappa shape index (κ3) is 4.87. The van der Waals surface area contributed by atoms with Crippen molar-refractivity contribution in [1.82, 2.24) is 5.32 Å². The first kappa shape index (κ1) is 20.0. The molecule has 0 saturated heterocycles. The zero-order valence-corrected chi connectivity index (χ0v) is 16.8. The highest BCUT2D eigenvalue weighted by Gasteiger charge is 2.22. The molecule has 0 radical (unpaired) electrons. The molecule has 2 atom stereocenters. The summed E-state index contributed by atoms with van der Waals surface area (Å²) < 4.78 is 5.98. The van der Waals surface area contributed by atoms with Gasteiger partial charge in [0, 0.05) is 0 Å². The third-order valence-corrected chi connectivity index (χ3v) is 4.95. The molecule has 2 rings (SSSR count). The van der Waals surface area contributed by atoms with Crippen molar-refractivity contribution in [3.05, 3.63) is 64.2 Å². The molecule has 140 valence electrons. The zero-order chi connectivity index (χ0) is 19.3. The molecule has 0 saturated carbocycles. The van der Waals surface area contributed by atoms with E-state index < -0.39 is 6.10 Å². The van der Waals surface area contributed by atoms with Gasteiger partial charge in [-0.05, 0) is 74.9 Å². The molecule has 0 bridgehead atoms. The Hall–Kier alpha value is -2.29. The van der Waals surface area contributed by atoms with Gasteiger partial charge < -0.3 is 10.1 Å². The van der Waals surface area contributed by atoms with E-state index in [0.29, 0.717) is 6.42 Å². The molecular formula is C23H31NO2. The van der Waals surface area contributed by atoms with Gasteiger partial charge in [0.05, 0.1) is 6.04 Å². The highest BCUT2D eigenvalue weighted by atomic mass is 16.5. The van der Waals surface area contributed by atoms with Crippen LogP contribution in [0.1, 0.15) is 60.5 Å². The number of nitrogens with one attached hydrogen (secondary N) is 1. The first-order chi connectivity index (χ1) is 12.3. The van der Waals surface area contributed by atoms with Crippen LogP contribution in [0.15, 0.2) is 36.4 Å². The van der Waals surface area contributed by atoms with Crippen LogP contribution in [0.5, 0.6) is 5.75 Å². The Balaban J connectivity index is 2.12. The normalized spacial score (nSPS) is 13.2. The lowest BCUT2D eigenvalue weighted by atomic mass is 9.97. The van der Waals surface area contributed by atoms with Crippen molar-refractivity contribution in [2.75, 3.05) is 0 Å².